The number of imidazole rings is 1. The van der Waals surface area contributed by atoms with Gasteiger partial charge in [-0.25, -0.2) is 4.98 Å². The van der Waals surface area contributed by atoms with Crippen molar-refractivity contribution in [2.45, 2.75) is 52.0 Å². The van der Waals surface area contributed by atoms with Crippen LogP contribution in [0.15, 0.2) is 6.33 Å². The van der Waals surface area contributed by atoms with E-state index in [2.05, 4.69) is 15.0 Å². The number of hydrogen-bond donors (Lipinski definition) is 2. The van der Waals surface area contributed by atoms with Gasteiger partial charge in [-0.2, -0.15) is 9.97 Å². The molecule has 0 saturated carbocycles. The van der Waals surface area contributed by atoms with Gasteiger partial charge in [-0.1, -0.05) is 20.8 Å². The second kappa shape index (κ2) is 9.73. The van der Waals surface area contributed by atoms with Crippen molar-refractivity contribution >= 4 is 25.4 Å². The lowest BCUT2D eigenvalue weighted by Crippen LogP contribution is -2.29. The van der Waals surface area contributed by atoms with Crippen LogP contribution in [0.2, 0.25) is 0 Å². The molecule has 12 heteroatoms. The summed E-state index contributed by atoms with van der Waals surface area (Å²) in [4.78, 5) is 12.8. The summed E-state index contributed by atoms with van der Waals surface area (Å²) in [5, 5.41) is 9.73. The first-order chi connectivity index (χ1) is 14.0. The molecule has 2 aromatic heterocycles. The molecule has 0 amide bonds. The minimum atomic E-state index is -2.32. The smallest absolute Gasteiger partial charge is 0.476 e. The van der Waals surface area contributed by atoms with Crippen LogP contribution in [0.4, 0.5) is 5.95 Å². The van der Waals surface area contributed by atoms with Crippen LogP contribution < -0.4 is 10.5 Å². The summed E-state index contributed by atoms with van der Waals surface area (Å²) >= 11 is 0. The van der Waals surface area contributed by atoms with Crippen LogP contribution >= 0.6 is 8.25 Å². The number of aliphatic hydroxyl groups is 1. The van der Waals surface area contributed by atoms with Crippen LogP contribution in [0.3, 0.4) is 0 Å². The van der Waals surface area contributed by atoms with Gasteiger partial charge in [-0.05, 0) is 12.8 Å². The molecule has 0 spiro atoms. The van der Waals surface area contributed by atoms with Crippen molar-refractivity contribution in [2.75, 3.05) is 25.6 Å². The van der Waals surface area contributed by atoms with E-state index in [9.17, 15) is 9.67 Å². The Kier molecular flexibility index (Phi) is 7.31. The molecule has 11 nitrogen and oxygen atoms in total. The van der Waals surface area contributed by atoms with Gasteiger partial charge in [-0.3, -0.25) is 4.57 Å². The summed E-state index contributed by atoms with van der Waals surface area (Å²) in [6.45, 7) is 6.27. The molecule has 0 radical (unpaired) electrons. The molecular formula is C17H27N5O6P+. The number of hydrogen-bond acceptors (Lipinski definition) is 10. The van der Waals surface area contributed by atoms with E-state index in [0.29, 0.717) is 30.3 Å². The first-order valence-corrected chi connectivity index (χ1v) is 10.8. The average Bonchev–Trinajstić information content (AvgIpc) is 3.25. The molecule has 160 valence electrons. The number of ether oxygens (including phenoxy) is 2. The van der Waals surface area contributed by atoms with E-state index < -0.39 is 26.7 Å². The third-order valence-electron chi connectivity index (χ3n) is 4.56. The Balaban J connectivity index is 1.87. The first-order valence-electron chi connectivity index (χ1n) is 9.66. The molecule has 1 fully saturated rings. The lowest BCUT2D eigenvalue weighted by Gasteiger charge is -2.17. The fourth-order valence-electron chi connectivity index (χ4n) is 3.20. The summed E-state index contributed by atoms with van der Waals surface area (Å²) < 4.78 is 36.1. The third kappa shape index (κ3) is 4.65. The fourth-order valence-corrected chi connectivity index (χ4v) is 4.12. The predicted molar refractivity (Wildman–Crippen MR) is 104 cm³/mol. The highest BCUT2D eigenvalue weighted by Crippen LogP contribution is 2.42. The van der Waals surface area contributed by atoms with Gasteiger partial charge in [0.1, 0.15) is 18.9 Å². The molecule has 0 aliphatic carbocycles. The Labute approximate surface area is 169 Å². The monoisotopic (exact) mass is 428 g/mol. The van der Waals surface area contributed by atoms with Gasteiger partial charge in [0.2, 0.25) is 11.8 Å². The second-order valence-corrected chi connectivity index (χ2v) is 7.71. The Morgan fingerprint density at radius 1 is 1.31 bits per heavy atom. The van der Waals surface area contributed by atoms with E-state index in [1.165, 1.54) is 0 Å². The molecule has 0 aromatic carbocycles. The third-order valence-corrected chi connectivity index (χ3v) is 5.37. The van der Waals surface area contributed by atoms with Crippen LogP contribution in [0.1, 0.15) is 39.8 Å². The average molecular weight is 428 g/mol. The van der Waals surface area contributed by atoms with Crippen LogP contribution in [-0.2, 0) is 18.3 Å². The lowest BCUT2D eigenvalue weighted by atomic mass is 10.0. The summed E-state index contributed by atoms with van der Waals surface area (Å²) in [6, 6.07) is 0. The minimum absolute atomic E-state index is 0.0542. The van der Waals surface area contributed by atoms with Crippen LogP contribution in [0.5, 0.6) is 5.88 Å². The van der Waals surface area contributed by atoms with Crippen LogP contribution in [0, 0.1) is 5.92 Å². The van der Waals surface area contributed by atoms with Gasteiger partial charge in [0, 0.05) is 10.5 Å². The van der Waals surface area contributed by atoms with Gasteiger partial charge >= 0.3 is 8.25 Å². The van der Waals surface area contributed by atoms with Crippen molar-refractivity contribution in [3.63, 3.8) is 0 Å². The van der Waals surface area contributed by atoms with Gasteiger partial charge in [-0.15, -0.1) is 9.05 Å². The molecule has 1 aliphatic rings. The van der Waals surface area contributed by atoms with Crippen molar-refractivity contribution in [3.8, 4) is 5.88 Å². The minimum Gasteiger partial charge on any atom is -0.476 e. The maximum atomic E-state index is 12.1. The topological polar surface area (TPSA) is 144 Å². The number of nitrogens with two attached hydrogens (primary N) is 1. The standard InChI is InChI=1S/C17H27N5O6P/c1-4-6-25-15-12-14(20-17(18)21-15)22(9-19-12)16-10(3)13(11(8-23)27-16)28-29(24)26-7-5-2/h9-11,13,16,23H,4-8H2,1-3H3,(H2,18,20,21)/q+1/t10-,11+,13-,16+/m0/s1. The van der Waals surface area contributed by atoms with Crippen molar-refractivity contribution in [1.29, 1.82) is 0 Å². The molecule has 5 atom stereocenters. The lowest BCUT2D eigenvalue weighted by molar-refractivity contribution is -0.0421. The number of aromatic nitrogens is 4. The Bertz CT molecular complexity index is 849. The summed E-state index contributed by atoms with van der Waals surface area (Å²) in [5.41, 5.74) is 6.76. The van der Waals surface area contributed by atoms with E-state index in [1.807, 2.05) is 20.8 Å². The zero-order valence-electron chi connectivity index (χ0n) is 16.7. The fraction of sp³-hybridized carbons (Fsp3) is 0.706. The molecule has 3 rings (SSSR count). The zero-order valence-corrected chi connectivity index (χ0v) is 17.6. The molecule has 29 heavy (non-hydrogen) atoms. The Hall–Kier alpha value is -1.91. The van der Waals surface area contributed by atoms with Crippen molar-refractivity contribution in [3.05, 3.63) is 6.33 Å². The normalized spacial score (nSPS) is 24.9. The number of nitrogen functional groups attached to an aromatic ring is 1. The number of anilines is 1. The van der Waals surface area contributed by atoms with Crippen molar-refractivity contribution in [2.24, 2.45) is 5.92 Å². The van der Waals surface area contributed by atoms with Crippen molar-refractivity contribution in [1.82, 2.24) is 19.5 Å². The molecule has 3 N–H and O–H groups in total. The van der Waals surface area contributed by atoms with Gasteiger partial charge in [0.15, 0.2) is 17.3 Å². The highest BCUT2D eigenvalue weighted by Gasteiger charge is 2.49. The predicted octanol–water partition coefficient (Wildman–Crippen LogP) is 2.19. The second-order valence-electron chi connectivity index (χ2n) is 6.79. The summed E-state index contributed by atoms with van der Waals surface area (Å²) in [6.07, 6.45) is 1.22. The Morgan fingerprint density at radius 3 is 2.76 bits per heavy atom. The molecule has 2 aromatic rings. The number of aliphatic hydroxyl groups excluding tert-OH is 1. The first kappa shape index (κ1) is 21.8. The van der Waals surface area contributed by atoms with E-state index in [4.69, 9.17) is 24.3 Å². The highest BCUT2D eigenvalue weighted by atomic mass is 31.1. The van der Waals surface area contributed by atoms with E-state index in [-0.39, 0.29) is 18.5 Å². The van der Waals surface area contributed by atoms with Crippen LogP contribution in [-0.4, -0.2) is 56.7 Å². The highest BCUT2D eigenvalue weighted by molar-refractivity contribution is 7.33. The van der Waals surface area contributed by atoms with E-state index in [1.54, 1.807) is 10.9 Å². The van der Waals surface area contributed by atoms with Gasteiger partial charge < -0.3 is 20.3 Å². The molecule has 1 aliphatic heterocycles. The van der Waals surface area contributed by atoms with Crippen LogP contribution in [0.25, 0.3) is 11.2 Å². The van der Waals surface area contributed by atoms with Gasteiger partial charge in [0.05, 0.1) is 19.5 Å². The molecule has 1 unspecified atom stereocenters. The quantitative estimate of drug-likeness (QED) is 0.540. The molecule has 1 saturated heterocycles. The van der Waals surface area contributed by atoms with Crippen molar-refractivity contribution < 1.29 is 28.2 Å². The number of nitrogens with zero attached hydrogens (tertiary/aromatic N) is 4. The molecular weight excluding hydrogens is 401 g/mol. The maximum absolute atomic E-state index is 12.1. The Morgan fingerprint density at radius 2 is 2.07 bits per heavy atom. The molecule has 0 bridgehead atoms. The molecule has 3 heterocycles. The maximum Gasteiger partial charge on any atom is 0.697 e. The van der Waals surface area contributed by atoms with E-state index >= 15 is 0 Å². The van der Waals surface area contributed by atoms with Gasteiger partial charge in [0.25, 0.3) is 0 Å². The van der Waals surface area contributed by atoms with E-state index in [0.717, 1.165) is 12.8 Å². The summed E-state index contributed by atoms with van der Waals surface area (Å²) in [7, 11) is -2.32. The summed E-state index contributed by atoms with van der Waals surface area (Å²) in [5.74, 6) is 0.0878. The number of fused-ring (bicyclic) bond motifs is 1. The SMILES string of the molecule is CCCOc1nc(N)nc2c1ncn2[C@@H]1O[C@H](CO)[C@@H](O[P+](=O)OCCC)[C@@H]1C. The zero-order chi connectivity index (χ0) is 21.0. The number of rotatable bonds is 10. The largest absolute Gasteiger partial charge is 0.697 e.